The van der Waals surface area contributed by atoms with Crippen LogP contribution in [0.2, 0.25) is 0 Å². The van der Waals surface area contributed by atoms with Crippen molar-refractivity contribution >= 4 is 34.1 Å². The molecule has 0 amide bonds. The van der Waals surface area contributed by atoms with E-state index >= 15 is 0 Å². The van der Waals surface area contributed by atoms with Crippen LogP contribution in [0.15, 0.2) is 10.5 Å². The maximum absolute atomic E-state index is 11.6. The maximum Gasteiger partial charge on any atom is 0.360 e. The van der Waals surface area contributed by atoms with E-state index in [1.807, 2.05) is 0 Å². The zero-order chi connectivity index (χ0) is 16.9. The fourth-order valence-corrected chi connectivity index (χ4v) is 1.94. The van der Waals surface area contributed by atoms with Crippen molar-refractivity contribution in [3.05, 3.63) is 11.1 Å². The molecule has 0 spiro atoms. The van der Waals surface area contributed by atoms with Crippen molar-refractivity contribution in [2.24, 2.45) is 5.16 Å². The summed E-state index contributed by atoms with van der Waals surface area (Å²) in [6.07, 6.45) is -0.687. The summed E-state index contributed by atoms with van der Waals surface area (Å²) in [7, 11) is 0. The lowest BCUT2D eigenvalue weighted by atomic mass is 10.2. The number of oxime groups is 1. The molecule has 1 rings (SSSR count). The second-order valence-corrected chi connectivity index (χ2v) is 6.41. The van der Waals surface area contributed by atoms with E-state index in [9.17, 15) is 9.59 Å². The Hall–Kier alpha value is -2.16. The van der Waals surface area contributed by atoms with E-state index in [0.717, 1.165) is 11.3 Å². The van der Waals surface area contributed by atoms with E-state index in [0.29, 0.717) is 0 Å². The van der Waals surface area contributed by atoms with Gasteiger partial charge in [-0.05, 0) is 27.7 Å². The Bertz CT molecular complexity index is 576. The highest BCUT2D eigenvalue weighted by Crippen LogP contribution is 2.14. The number of nitrogens with two attached hydrogens (primary N) is 1. The lowest BCUT2D eigenvalue weighted by molar-refractivity contribution is -0.157. The van der Waals surface area contributed by atoms with Gasteiger partial charge in [-0.3, -0.25) is 4.79 Å². The van der Waals surface area contributed by atoms with Crippen LogP contribution in [0.4, 0.5) is 5.13 Å². The Morgan fingerprint density at radius 2 is 2.14 bits per heavy atom. The molecule has 0 radical (unpaired) electrons. The molecule has 22 heavy (non-hydrogen) atoms. The summed E-state index contributed by atoms with van der Waals surface area (Å²) in [5, 5.41) is 14.3. The molecule has 1 atom stereocenters. The molecule has 3 N–H and O–H groups in total. The number of hydrogen-bond acceptors (Lipinski definition) is 8. The number of carbonyl (C=O) groups excluding carboxylic acids is 1. The zero-order valence-electron chi connectivity index (χ0n) is 12.8. The number of thiazole rings is 1. The van der Waals surface area contributed by atoms with Crippen molar-refractivity contribution < 1.29 is 24.3 Å². The first-order valence-electron chi connectivity index (χ1n) is 6.49. The van der Waals surface area contributed by atoms with E-state index in [-0.39, 0.29) is 23.0 Å². The average Bonchev–Trinajstić information content (AvgIpc) is 2.72. The highest BCUT2D eigenvalue weighted by molar-refractivity contribution is 7.13. The van der Waals surface area contributed by atoms with Gasteiger partial charge in [-0.15, -0.1) is 11.3 Å². The quantitative estimate of drug-likeness (QED) is 0.462. The minimum absolute atomic E-state index is 0.0487. The van der Waals surface area contributed by atoms with Gasteiger partial charge in [0.25, 0.3) is 0 Å². The Morgan fingerprint density at radius 1 is 1.50 bits per heavy atom. The SMILES string of the molecule is CC(CC(=O)OC(C)(C)C)O/N=C(\C(=O)O)c1csc(N)n1. The smallest absolute Gasteiger partial charge is 0.360 e. The predicted molar refractivity (Wildman–Crippen MR) is 81.7 cm³/mol. The van der Waals surface area contributed by atoms with Crippen LogP contribution in [0.1, 0.15) is 39.8 Å². The third kappa shape index (κ3) is 6.08. The van der Waals surface area contributed by atoms with E-state index in [2.05, 4.69) is 10.1 Å². The number of anilines is 1. The fourth-order valence-electron chi connectivity index (χ4n) is 1.39. The summed E-state index contributed by atoms with van der Waals surface area (Å²) in [4.78, 5) is 31.7. The van der Waals surface area contributed by atoms with Crippen molar-refractivity contribution in [3.63, 3.8) is 0 Å². The van der Waals surface area contributed by atoms with Gasteiger partial charge in [-0.25, -0.2) is 9.78 Å². The largest absolute Gasteiger partial charge is 0.476 e. The number of nitrogen functional groups attached to an aromatic ring is 1. The monoisotopic (exact) mass is 329 g/mol. The maximum atomic E-state index is 11.6. The van der Waals surface area contributed by atoms with Crippen LogP contribution in [0.5, 0.6) is 0 Å². The number of ether oxygens (including phenoxy) is 1. The second kappa shape index (κ2) is 7.21. The third-order valence-electron chi connectivity index (χ3n) is 2.17. The highest BCUT2D eigenvalue weighted by atomic mass is 32.1. The van der Waals surface area contributed by atoms with E-state index in [1.54, 1.807) is 27.7 Å². The first-order valence-corrected chi connectivity index (χ1v) is 7.37. The van der Waals surface area contributed by atoms with Crippen LogP contribution in [0.3, 0.4) is 0 Å². The van der Waals surface area contributed by atoms with Crippen LogP contribution >= 0.6 is 11.3 Å². The lowest BCUT2D eigenvalue weighted by Crippen LogP contribution is -2.26. The number of nitrogens with zero attached hydrogens (tertiary/aromatic N) is 2. The molecule has 0 aliphatic rings. The van der Waals surface area contributed by atoms with Crippen molar-refractivity contribution in [3.8, 4) is 0 Å². The van der Waals surface area contributed by atoms with Gasteiger partial charge in [0.05, 0.1) is 6.42 Å². The average molecular weight is 329 g/mol. The Morgan fingerprint density at radius 3 is 2.59 bits per heavy atom. The summed E-state index contributed by atoms with van der Waals surface area (Å²) in [5.41, 5.74) is 4.60. The molecule has 1 aromatic heterocycles. The van der Waals surface area contributed by atoms with Crippen molar-refractivity contribution in [1.82, 2.24) is 4.98 Å². The first kappa shape index (κ1) is 17.9. The molecule has 122 valence electrons. The minimum atomic E-state index is -1.30. The van der Waals surface area contributed by atoms with Crippen molar-refractivity contribution in [2.45, 2.75) is 45.8 Å². The van der Waals surface area contributed by atoms with Crippen LogP contribution in [-0.4, -0.2) is 39.4 Å². The molecule has 1 aromatic rings. The van der Waals surface area contributed by atoms with Gasteiger partial charge in [0, 0.05) is 5.38 Å². The standard InChI is InChI=1S/C13H19N3O5S/c1-7(5-9(17)20-13(2,3)4)21-16-10(11(18)19)8-6-22-12(14)15-8/h6-7H,5H2,1-4H3,(H2,14,15)(H,18,19)/b16-10-. The normalized spacial score (nSPS) is 13.5. The van der Waals surface area contributed by atoms with Gasteiger partial charge in [-0.2, -0.15) is 0 Å². The van der Waals surface area contributed by atoms with Crippen molar-refractivity contribution in [1.29, 1.82) is 0 Å². The molecule has 0 saturated carbocycles. The number of aliphatic carboxylic acids is 1. The van der Waals surface area contributed by atoms with Gasteiger partial charge in [-0.1, -0.05) is 5.16 Å². The minimum Gasteiger partial charge on any atom is -0.476 e. The number of carboxylic acids is 1. The molecule has 0 aliphatic carbocycles. The Labute approximate surface area is 131 Å². The van der Waals surface area contributed by atoms with Crippen LogP contribution in [0.25, 0.3) is 0 Å². The van der Waals surface area contributed by atoms with Gasteiger partial charge < -0.3 is 20.4 Å². The second-order valence-electron chi connectivity index (χ2n) is 5.52. The molecule has 0 aliphatic heterocycles. The molecule has 1 unspecified atom stereocenters. The molecule has 0 bridgehead atoms. The van der Waals surface area contributed by atoms with Crippen LogP contribution < -0.4 is 5.73 Å². The summed E-state index contributed by atoms with van der Waals surface area (Å²) < 4.78 is 5.14. The molecule has 0 aromatic carbocycles. The summed E-state index contributed by atoms with van der Waals surface area (Å²) in [6, 6.07) is 0. The van der Waals surface area contributed by atoms with E-state index in [1.165, 1.54) is 5.38 Å². The number of esters is 1. The van der Waals surface area contributed by atoms with Gasteiger partial charge in [0.15, 0.2) is 5.13 Å². The molecule has 9 heteroatoms. The van der Waals surface area contributed by atoms with Gasteiger partial charge in [0.1, 0.15) is 17.4 Å². The third-order valence-corrected chi connectivity index (χ3v) is 2.84. The fraction of sp³-hybridized carbons (Fsp3) is 0.538. The molecular formula is C13H19N3O5S. The number of hydrogen-bond donors (Lipinski definition) is 2. The van der Waals surface area contributed by atoms with Crippen LogP contribution in [0, 0.1) is 0 Å². The highest BCUT2D eigenvalue weighted by Gasteiger charge is 2.21. The summed E-state index contributed by atoms with van der Waals surface area (Å²) >= 11 is 1.09. The molecule has 0 saturated heterocycles. The van der Waals surface area contributed by atoms with E-state index in [4.69, 9.17) is 20.4 Å². The lowest BCUT2D eigenvalue weighted by Gasteiger charge is -2.20. The van der Waals surface area contributed by atoms with E-state index < -0.39 is 23.6 Å². The van der Waals surface area contributed by atoms with Crippen molar-refractivity contribution in [2.75, 3.05) is 5.73 Å². The van der Waals surface area contributed by atoms with Gasteiger partial charge >= 0.3 is 11.9 Å². The molecule has 1 heterocycles. The van der Waals surface area contributed by atoms with Gasteiger partial charge in [0.2, 0.25) is 5.71 Å². The Balaban J connectivity index is 2.67. The first-order chi connectivity index (χ1) is 10.1. The zero-order valence-corrected chi connectivity index (χ0v) is 13.6. The number of rotatable bonds is 6. The predicted octanol–water partition coefficient (Wildman–Crippen LogP) is 1.65. The number of carboxylic acid groups (broad SMARTS) is 1. The molecular weight excluding hydrogens is 310 g/mol. The number of carbonyl (C=O) groups is 2. The summed E-state index contributed by atoms with van der Waals surface area (Å²) in [5.74, 6) is -1.75. The van der Waals surface area contributed by atoms with Crippen LogP contribution in [-0.2, 0) is 19.2 Å². The molecule has 8 nitrogen and oxygen atoms in total. The molecule has 0 fully saturated rings. The Kier molecular flexibility index (Phi) is 5.86. The summed E-state index contributed by atoms with van der Waals surface area (Å²) in [6.45, 7) is 6.85. The number of aromatic nitrogens is 1. The topological polar surface area (TPSA) is 124 Å².